The van der Waals surface area contributed by atoms with E-state index in [9.17, 15) is 18.0 Å². The second-order valence-corrected chi connectivity index (χ2v) is 4.14. The summed E-state index contributed by atoms with van der Waals surface area (Å²) >= 11 is 0. The lowest BCUT2D eigenvalue weighted by atomic mass is 10.1. The number of nitrogens with one attached hydrogen (secondary N) is 1. The summed E-state index contributed by atoms with van der Waals surface area (Å²) in [6.45, 7) is 0. The number of rotatable bonds is 3. The van der Waals surface area contributed by atoms with Crippen LogP contribution < -0.4 is 11.1 Å². The zero-order chi connectivity index (χ0) is 15.6. The Hall–Kier alpha value is -2.70. The lowest BCUT2D eigenvalue weighted by molar-refractivity contribution is 0.0601. The van der Waals surface area contributed by atoms with Crippen molar-refractivity contribution in [2.75, 3.05) is 18.2 Å². The Kier molecular flexibility index (Phi) is 4.02. The SMILES string of the molecule is COC(=O)c1ccc(N)c(Nc2ccc(F)c(F)c2F)c1. The van der Waals surface area contributed by atoms with E-state index in [0.717, 1.165) is 12.1 Å². The molecule has 0 spiro atoms. The number of anilines is 3. The first-order valence-corrected chi connectivity index (χ1v) is 5.82. The van der Waals surface area contributed by atoms with Gasteiger partial charge in [0.05, 0.1) is 29.7 Å². The number of nitrogen functional groups attached to an aromatic ring is 1. The van der Waals surface area contributed by atoms with E-state index in [4.69, 9.17) is 5.73 Å². The number of hydrogen-bond acceptors (Lipinski definition) is 4. The van der Waals surface area contributed by atoms with Gasteiger partial charge in [-0.25, -0.2) is 18.0 Å². The molecule has 0 fully saturated rings. The number of esters is 1. The molecule has 0 saturated carbocycles. The van der Waals surface area contributed by atoms with Crippen LogP contribution in [0.25, 0.3) is 0 Å². The minimum Gasteiger partial charge on any atom is -0.465 e. The van der Waals surface area contributed by atoms with Gasteiger partial charge in [-0.3, -0.25) is 0 Å². The number of methoxy groups -OCH3 is 1. The average molecular weight is 296 g/mol. The third kappa shape index (κ3) is 2.91. The van der Waals surface area contributed by atoms with Gasteiger partial charge < -0.3 is 15.8 Å². The Balaban J connectivity index is 2.40. The molecule has 0 unspecified atom stereocenters. The van der Waals surface area contributed by atoms with Crippen LogP contribution in [0.2, 0.25) is 0 Å². The minimum absolute atomic E-state index is 0.169. The maximum Gasteiger partial charge on any atom is 0.337 e. The lowest BCUT2D eigenvalue weighted by Crippen LogP contribution is -2.05. The smallest absolute Gasteiger partial charge is 0.337 e. The van der Waals surface area contributed by atoms with Gasteiger partial charge in [0.25, 0.3) is 0 Å². The summed E-state index contributed by atoms with van der Waals surface area (Å²) in [7, 11) is 1.21. The van der Waals surface area contributed by atoms with E-state index in [-0.39, 0.29) is 22.6 Å². The van der Waals surface area contributed by atoms with E-state index >= 15 is 0 Å². The molecule has 0 saturated heterocycles. The van der Waals surface area contributed by atoms with Crippen molar-refractivity contribution >= 4 is 23.0 Å². The van der Waals surface area contributed by atoms with Crippen molar-refractivity contribution in [1.82, 2.24) is 0 Å². The first-order valence-electron chi connectivity index (χ1n) is 5.82. The van der Waals surface area contributed by atoms with Crippen LogP contribution in [0.1, 0.15) is 10.4 Å². The molecule has 0 bridgehead atoms. The summed E-state index contributed by atoms with van der Waals surface area (Å²) in [6, 6.07) is 5.96. The van der Waals surface area contributed by atoms with Crippen LogP contribution in [0.4, 0.5) is 30.2 Å². The van der Waals surface area contributed by atoms with Gasteiger partial charge in [0.2, 0.25) is 0 Å². The lowest BCUT2D eigenvalue weighted by Gasteiger charge is -2.12. The van der Waals surface area contributed by atoms with Crippen LogP contribution in [-0.2, 0) is 4.74 Å². The highest BCUT2D eigenvalue weighted by molar-refractivity contribution is 5.92. The molecule has 0 radical (unpaired) electrons. The van der Waals surface area contributed by atoms with Crippen LogP contribution >= 0.6 is 0 Å². The predicted octanol–water partition coefficient (Wildman–Crippen LogP) is 3.22. The maximum absolute atomic E-state index is 13.6. The summed E-state index contributed by atoms with van der Waals surface area (Å²) < 4.78 is 44.2. The zero-order valence-corrected chi connectivity index (χ0v) is 10.9. The molecule has 0 aromatic heterocycles. The summed E-state index contributed by atoms with van der Waals surface area (Å²) in [5.41, 5.74) is 5.94. The molecule has 21 heavy (non-hydrogen) atoms. The Bertz CT molecular complexity index is 705. The van der Waals surface area contributed by atoms with E-state index in [1.54, 1.807) is 0 Å². The Morgan fingerprint density at radius 2 is 1.81 bits per heavy atom. The van der Waals surface area contributed by atoms with Gasteiger partial charge in [0.1, 0.15) is 0 Å². The monoisotopic (exact) mass is 296 g/mol. The molecular formula is C14H11F3N2O2. The van der Waals surface area contributed by atoms with Crippen LogP contribution in [0, 0.1) is 17.5 Å². The van der Waals surface area contributed by atoms with Crippen LogP contribution in [0.15, 0.2) is 30.3 Å². The second kappa shape index (κ2) is 5.74. The molecule has 2 aromatic rings. The van der Waals surface area contributed by atoms with E-state index < -0.39 is 23.4 Å². The van der Waals surface area contributed by atoms with E-state index in [1.807, 2.05) is 0 Å². The standard InChI is InChI=1S/C14H11F3N2O2/c1-21-14(20)7-2-4-9(18)11(6-7)19-10-5-3-8(15)12(16)13(10)17/h2-6,19H,18H2,1H3. The third-order valence-electron chi connectivity index (χ3n) is 2.78. The van der Waals surface area contributed by atoms with Gasteiger partial charge in [-0.1, -0.05) is 0 Å². The molecule has 0 heterocycles. The van der Waals surface area contributed by atoms with Gasteiger partial charge in [0.15, 0.2) is 17.5 Å². The molecule has 2 aromatic carbocycles. The van der Waals surface area contributed by atoms with E-state index in [2.05, 4.69) is 10.1 Å². The number of carbonyl (C=O) groups is 1. The highest BCUT2D eigenvalue weighted by Gasteiger charge is 2.15. The number of halogens is 3. The maximum atomic E-state index is 13.6. The Labute approximate surface area is 118 Å². The first kappa shape index (κ1) is 14.7. The number of carbonyl (C=O) groups excluding carboxylic acids is 1. The zero-order valence-electron chi connectivity index (χ0n) is 10.9. The molecule has 0 aliphatic rings. The fourth-order valence-electron chi connectivity index (χ4n) is 1.68. The summed E-state index contributed by atoms with van der Waals surface area (Å²) in [5, 5.41) is 2.51. The fourth-order valence-corrected chi connectivity index (χ4v) is 1.68. The van der Waals surface area contributed by atoms with Gasteiger partial charge in [-0.05, 0) is 30.3 Å². The van der Waals surface area contributed by atoms with Crippen molar-refractivity contribution in [3.05, 3.63) is 53.3 Å². The number of nitrogens with two attached hydrogens (primary N) is 1. The summed E-state index contributed by atoms with van der Waals surface area (Å²) in [6.07, 6.45) is 0. The average Bonchev–Trinajstić information content (AvgIpc) is 2.49. The Morgan fingerprint density at radius 3 is 2.48 bits per heavy atom. The summed E-state index contributed by atoms with van der Waals surface area (Å²) in [4.78, 5) is 11.4. The molecule has 0 amide bonds. The second-order valence-electron chi connectivity index (χ2n) is 4.14. The molecule has 0 aliphatic carbocycles. The number of ether oxygens (including phenoxy) is 1. The number of hydrogen-bond donors (Lipinski definition) is 2. The van der Waals surface area contributed by atoms with Crippen molar-refractivity contribution in [2.24, 2.45) is 0 Å². The van der Waals surface area contributed by atoms with Crippen LogP contribution in [-0.4, -0.2) is 13.1 Å². The highest BCUT2D eigenvalue weighted by Crippen LogP contribution is 2.28. The van der Waals surface area contributed by atoms with Gasteiger partial charge in [-0.15, -0.1) is 0 Å². The first-order chi connectivity index (χ1) is 9.93. The van der Waals surface area contributed by atoms with Crippen molar-refractivity contribution in [2.45, 2.75) is 0 Å². The third-order valence-corrected chi connectivity index (χ3v) is 2.78. The highest BCUT2D eigenvalue weighted by atomic mass is 19.2. The molecule has 3 N–H and O–H groups in total. The molecule has 4 nitrogen and oxygen atoms in total. The topological polar surface area (TPSA) is 64.3 Å². The molecule has 7 heteroatoms. The predicted molar refractivity (Wildman–Crippen MR) is 71.8 cm³/mol. The molecule has 0 aliphatic heterocycles. The quantitative estimate of drug-likeness (QED) is 0.518. The minimum atomic E-state index is -1.59. The Morgan fingerprint density at radius 1 is 1.10 bits per heavy atom. The summed E-state index contributed by atoms with van der Waals surface area (Å²) in [5.74, 6) is -4.88. The van der Waals surface area contributed by atoms with E-state index in [1.165, 1.54) is 25.3 Å². The molecule has 0 atom stereocenters. The van der Waals surface area contributed by atoms with Gasteiger partial charge >= 0.3 is 5.97 Å². The van der Waals surface area contributed by atoms with Crippen molar-refractivity contribution in [1.29, 1.82) is 0 Å². The molecule has 110 valence electrons. The van der Waals surface area contributed by atoms with Gasteiger partial charge in [0, 0.05) is 0 Å². The van der Waals surface area contributed by atoms with Crippen molar-refractivity contribution < 1.29 is 22.7 Å². The van der Waals surface area contributed by atoms with Crippen LogP contribution in [0.3, 0.4) is 0 Å². The van der Waals surface area contributed by atoms with Crippen molar-refractivity contribution in [3.8, 4) is 0 Å². The molecular weight excluding hydrogens is 285 g/mol. The molecule has 2 rings (SSSR count). The number of benzene rings is 2. The van der Waals surface area contributed by atoms with Gasteiger partial charge in [-0.2, -0.15) is 0 Å². The van der Waals surface area contributed by atoms with Crippen LogP contribution in [0.5, 0.6) is 0 Å². The van der Waals surface area contributed by atoms with E-state index in [0.29, 0.717) is 0 Å². The van der Waals surface area contributed by atoms with Crippen molar-refractivity contribution in [3.63, 3.8) is 0 Å². The fraction of sp³-hybridized carbons (Fsp3) is 0.0714. The normalized spacial score (nSPS) is 10.3. The largest absolute Gasteiger partial charge is 0.465 e.